The Hall–Kier alpha value is -1.28. The maximum atomic E-state index is 11.9. The van der Waals surface area contributed by atoms with Crippen LogP contribution in [-0.2, 0) is 9.47 Å². The van der Waals surface area contributed by atoms with Crippen molar-refractivity contribution in [2.45, 2.75) is 52.0 Å². The molecule has 0 spiro atoms. The average Bonchev–Trinajstić information content (AvgIpc) is 2.37. The highest BCUT2D eigenvalue weighted by Crippen LogP contribution is 2.28. The van der Waals surface area contributed by atoms with Crippen LogP contribution in [0, 0.1) is 11.3 Å². The van der Waals surface area contributed by atoms with Gasteiger partial charge in [-0.15, -0.1) is 0 Å². The molecule has 5 nitrogen and oxygen atoms in total. The summed E-state index contributed by atoms with van der Waals surface area (Å²) in [6.45, 7) is 9.08. The molecule has 1 saturated heterocycles. The van der Waals surface area contributed by atoms with Gasteiger partial charge in [0.05, 0.1) is 12.7 Å². The predicted octanol–water partition coefficient (Wildman–Crippen LogP) is 1.88. The van der Waals surface area contributed by atoms with E-state index < -0.39 is 23.5 Å². The van der Waals surface area contributed by atoms with Gasteiger partial charge in [-0.2, -0.15) is 5.26 Å². The van der Waals surface area contributed by atoms with Crippen LogP contribution in [0.4, 0.5) is 4.79 Å². The molecular formula is C11H18N2O3. The SMILES string of the molecule is CC(C)(C)OC(=O)N1C(C#N)COC1(C)C. The quantitative estimate of drug-likeness (QED) is 0.632. The van der Waals surface area contributed by atoms with Gasteiger partial charge in [0.1, 0.15) is 17.4 Å². The first kappa shape index (κ1) is 12.8. The number of nitrogens with zero attached hydrogens (tertiary/aromatic N) is 2. The number of ether oxygens (including phenoxy) is 2. The first-order chi connectivity index (χ1) is 7.17. The summed E-state index contributed by atoms with van der Waals surface area (Å²) in [5, 5.41) is 8.94. The van der Waals surface area contributed by atoms with Gasteiger partial charge in [-0.1, -0.05) is 0 Å². The zero-order valence-electron chi connectivity index (χ0n) is 10.4. The molecule has 0 N–H and O–H groups in total. The largest absolute Gasteiger partial charge is 0.444 e. The first-order valence-electron chi connectivity index (χ1n) is 5.23. The molecule has 1 fully saturated rings. The van der Waals surface area contributed by atoms with Crippen molar-refractivity contribution >= 4 is 6.09 Å². The van der Waals surface area contributed by atoms with E-state index in [0.29, 0.717) is 0 Å². The Morgan fingerprint density at radius 2 is 2.12 bits per heavy atom. The van der Waals surface area contributed by atoms with Crippen LogP contribution in [0.5, 0.6) is 0 Å². The molecule has 1 rings (SSSR count). The Kier molecular flexibility index (Phi) is 3.15. The summed E-state index contributed by atoms with van der Waals surface area (Å²) in [6.07, 6.45) is -0.512. The van der Waals surface area contributed by atoms with Crippen molar-refractivity contribution in [2.75, 3.05) is 6.61 Å². The number of carbonyl (C=O) groups excluding carboxylic acids is 1. The van der Waals surface area contributed by atoms with Crippen LogP contribution in [0.3, 0.4) is 0 Å². The second kappa shape index (κ2) is 3.95. The van der Waals surface area contributed by atoms with Gasteiger partial charge < -0.3 is 9.47 Å². The smallest absolute Gasteiger partial charge is 0.413 e. The fourth-order valence-corrected chi connectivity index (χ4v) is 1.56. The van der Waals surface area contributed by atoms with Crippen molar-refractivity contribution in [1.82, 2.24) is 4.90 Å². The number of hydrogen-bond donors (Lipinski definition) is 0. The summed E-state index contributed by atoms with van der Waals surface area (Å²) < 4.78 is 10.6. The minimum absolute atomic E-state index is 0.225. The highest BCUT2D eigenvalue weighted by molar-refractivity contribution is 5.70. The summed E-state index contributed by atoms with van der Waals surface area (Å²) in [4.78, 5) is 13.3. The fraction of sp³-hybridized carbons (Fsp3) is 0.818. The molecule has 1 heterocycles. The van der Waals surface area contributed by atoms with E-state index in [4.69, 9.17) is 14.7 Å². The summed E-state index contributed by atoms with van der Waals surface area (Å²) in [5.41, 5.74) is -1.36. The van der Waals surface area contributed by atoms with Crippen LogP contribution >= 0.6 is 0 Å². The molecule has 0 saturated carbocycles. The lowest BCUT2D eigenvalue weighted by Crippen LogP contribution is -2.49. The summed E-state index contributed by atoms with van der Waals surface area (Å²) >= 11 is 0. The Morgan fingerprint density at radius 3 is 2.56 bits per heavy atom. The van der Waals surface area contributed by atoms with Crippen molar-refractivity contribution in [3.63, 3.8) is 0 Å². The normalized spacial score (nSPS) is 24.0. The van der Waals surface area contributed by atoms with Gasteiger partial charge in [-0.05, 0) is 34.6 Å². The second-order valence-corrected chi connectivity index (χ2v) is 5.25. The maximum Gasteiger partial charge on any atom is 0.413 e. The second-order valence-electron chi connectivity index (χ2n) is 5.25. The van der Waals surface area contributed by atoms with E-state index in [-0.39, 0.29) is 6.61 Å². The highest BCUT2D eigenvalue weighted by Gasteiger charge is 2.45. The Bertz CT molecular complexity index is 325. The van der Waals surface area contributed by atoms with Gasteiger partial charge in [0.25, 0.3) is 0 Å². The molecule has 1 unspecified atom stereocenters. The maximum absolute atomic E-state index is 11.9. The van der Waals surface area contributed by atoms with Crippen LogP contribution in [0.25, 0.3) is 0 Å². The monoisotopic (exact) mass is 226 g/mol. The van der Waals surface area contributed by atoms with Crippen LogP contribution in [0.15, 0.2) is 0 Å². The molecule has 0 bridgehead atoms. The molecule has 0 aromatic rings. The lowest BCUT2D eigenvalue weighted by atomic mass is 10.2. The third-order valence-electron chi connectivity index (χ3n) is 2.23. The summed E-state index contributed by atoms with van der Waals surface area (Å²) in [7, 11) is 0. The lowest BCUT2D eigenvalue weighted by Gasteiger charge is -2.33. The summed E-state index contributed by atoms with van der Waals surface area (Å²) in [5.74, 6) is 0. The van der Waals surface area contributed by atoms with Crippen LogP contribution in [-0.4, -0.2) is 35.0 Å². The van der Waals surface area contributed by atoms with Crippen molar-refractivity contribution in [3.05, 3.63) is 0 Å². The van der Waals surface area contributed by atoms with Gasteiger partial charge in [0, 0.05) is 0 Å². The predicted molar refractivity (Wildman–Crippen MR) is 57.5 cm³/mol. The number of hydrogen-bond acceptors (Lipinski definition) is 4. The van der Waals surface area contributed by atoms with E-state index in [2.05, 4.69) is 0 Å². The molecule has 0 aliphatic carbocycles. The van der Waals surface area contributed by atoms with E-state index in [1.165, 1.54) is 4.90 Å². The van der Waals surface area contributed by atoms with Gasteiger partial charge in [-0.3, -0.25) is 4.90 Å². The number of rotatable bonds is 0. The van der Waals surface area contributed by atoms with Crippen molar-refractivity contribution < 1.29 is 14.3 Å². The zero-order valence-corrected chi connectivity index (χ0v) is 10.4. The van der Waals surface area contributed by atoms with Crippen molar-refractivity contribution in [1.29, 1.82) is 5.26 Å². The molecule has 0 radical (unpaired) electrons. The van der Waals surface area contributed by atoms with E-state index in [9.17, 15) is 4.79 Å². The van der Waals surface area contributed by atoms with Crippen molar-refractivity contribution in [2.24, 2.45) is 0 Å². The van der Waals surface area contributed by atoms with Gasteiger partial charge in [-0.25, -0.2) is 4.79 Å². The molecule has 90 valence electrons. The number of amides is 1. The third kappa shape index (κ3) is 2.64. The minimum Gasteiger partial charge on any atom is -0.444 e. The summed E-state index contributed by atoms with van der Waals surface area (Å²) in [6, 6.07) is 1.46. The van der Waals surface area contributed by atoms with E-state index in [1.807, 2.05) is 6.07 Å². The third-order valence-corrected chi connectivity index (χ3v) is 2.23. The van der Waals surface area contributed by atoms with Gasteiger partial charge in [0.2, 0.25) is 0 Å². The van der Waals surface area contributed by atoms with Crippen molar-refractivity contribution in [3.8, 4) is 6.07 Å². The van der Waals surface area contributed by atoms with E-state index in [1.54, 1.807) is 34.6 Å². The average molecular weight is 226 g/mol. The van der Waals surface area contributed by atoms with Crippen LogP contribution in [0.2, 0.25) is 0 Å². The Labute approximate surface area is 95.9 Å². The van der Waals surface area contributed by atoms with Crippen LogP contribution < -0.4 is 0 Å². The molecule has 1 amide bonds. The Balaban J connectivity index is 2.84. The Morgan fingerprint density at radius 1 is 1.56 bits per heavy atom. The molecule has 16 heavy (non-hydrogen) atoms. The highest BCUT2D eigenvalue weighted by atomic mass is 16.6. The van der Waals surface area contributed by atoms with Gasteiger partial charge >= 0.3 is 6.09 Å². The minimum atomic E-state index is -0.789. The molecule has 1 aliphatic rings. The molecular weight excluding hydrogens is 208 g/mol. The van der Waals surface area contributed by atoms with Gasteiger partial charge in [0.15, 0.2) is 0 Å². The zero-order chi connectivity index (χ0) is 12.6. The number of nitriles is 1. The molecule has 1 aliphatic heterocycles. The molecule has 5 heteroatoms. The van der Waals surface area contributed by atoms with E-state index in [0.717, 1.165) is 0 Å². The van der Waals surface area contributed by atoms with E-state index >= 15 is 0 Å². The standard InChI is InChI=1S/C11H18N2O3/c1-10(2,3)16-9(14)13-8(6-12)7-15-11(13,4)5/h8H,7H2,1-5H3. The van der Waals surface area contributed by atoms with Crippen LogP contribution in [0.1, 0.15) is 34.6 Å². The molecule has 0 aromatic heterocycles. The fourth-order valence-electron chi connectivity index (χ4n) is 1.56. The molecule has 1 atom stereocenters. The lowest BCUT2D eigenvalue weighted by molar-refractivity contribution is -0.0608. The first-order valence-corrected chi connectivity index (χ1v) is 5.23. The molecule has 0 aromatic carbocycles. The number of carbonyl (C=O) groups is 1. The topological polar surface area (TPSA) is 62.6 Å².